The Bertz CT molecular complexity index is 605. The number of nitrogens with one attached hydrogen (secondary N) is 2. The lowest BCUT2D eigenvalue weighted by atomic mass is 10.1. The number of thiocarbonyl (C=S) groups is 1. The highest BCUT2D eigenvalue weighted by Gasteiger charge is 2.15. The molecule has 0 bridgehead atoms. The van der Waals surface area contributed by atoms with Crippen LogP contribution in [0, 0.1) is 6.92 Å². The Morgan fingerprint density at radius 2 is 2.29 bits per heavy atom. The summed E-state index contributed by atoms with van der Waals surface area (Å²) in [6.07, 6.45) is 2.23. The van der Waals surface area contributed by atoms with Crippen LogP contribution in [-0.2, 0) is 4.74 Å². The van der Waals surface area contributed by atoms with Gasteiger partial charge in [-0.2, -0.15) is 13.9 Å². The SMILES string of the molecule is C/C(=N/NC(=S)NC[C@H]1CCCO1)c1cc(C)ccc1OC(F)F. The van der Waals surface area contributed by atoms with E-state index in [9.17, 15) is 8.78 Å². The lowest BCUT2D eigenvalue weighted by Gasteiger charge is -2.13. The van der Waals surface area contributed by atoms with Crippen molar-refractivity contribution in [2.75, 3.05) is 13.2 Å². The molecule has 0 unspecified atom stereocenters. The average molecular weight is 357 g/mol. The molecule has 2 N–H and O–H groups in total. The van der Waals surface area contributed by atoms with Crippen molar-refractivity contribution in [1.82, 2.24) is 10.7 Å². The molecule has 0 amide bonds. The number of alkyl halides is 2. The summed E-state index contributed by atoms with van der Waals surface area (Å²) in [6.45, 7) is 2.07. The number of rotatable bonds is 6. The van der Waals surface area contributed by atoms with Crippen LogP contribution in [0.5, 0.6) is 5.75 Å². The highest BCUT2D eigenvalue weighted by atomic mass is 32.1. The minimum Gasteiger partial charge on any atom is -0.434 e. The van der Waals surface area contributed by atoms with Gasteiger partial charge in [0.2, 0.25) is 0 Å². The number of halogens is 2. The molecule has 1 atom stereocenters. The van der Waals surface area contributed by atoms with Gasteiger partial charge in [-0.25, -0.2) is 0 Å². The summed E-state index contributed by atoms with van der Waals surface area (Å²) in [5.74, 6) is 0.0804. The van der Waals surface area contributed by atoms with Crippen molar-refractivity contribution in [3.8, 4) is 5.75 Å². The van der Waals surface area contributed by atoms with Gasteiger partial charge in [-0.15, -0.1) is 0 Å². The predicted octanol–water partition coefficient (Wildman–Crippen LogP) is 2.96. The first kappa shape index (κ1) is 18.5. The van der Waals surface area contributed by atoms with Crippen molar-refractivity contribution >= 4 is 23.0 Å². The van der Waals surface area contributed by atoms with E-state index in [1.165, 1.54) is 6.07 Å². The van der Waals surface area contributed by atoms with Crippen molar-refractivity contribution < 1.29 is 18.3 Å². The van der Waals surface area contributed by atoms with Crippen LogP contribution in [0.15, 0.2) is 23.3 Å². The Morgan fingerprint density at radius 1 is 1.50 bits per heavy atom. The number of hydrogen-bond donors (Lipinski definition) is 2. The molecule has 1 aliphatic heterocycles. The molecule has 1 aromatic carbocycles. The minimum atomic E-state index is -2.89. The third-order valence-electron chi connectivity index (χ3n) is 3.58. The first-order valence-corrected chi connectivity index (χ1v) is 8.12. The number of aryl methyl sites for hydroxylation is 1. The summed E-state index contributed by atoms with van der Waals surface area (Å²) in [6, 6.07) is 4.95. The quantitative estimate of drug-likeness (QED) is 0.466. The first-order valence-electron chi connectivity index (χ1n) is 7.71. The van der Waals surface area contributed by atoms with Crippen LogP contribution in [0.2, 0.25) is 0 Å². The molecule has 0 aliphatic carbocycles. The third kappa shape index (κ3) is 5.68. The van der Waals surface area contributed by atoms with E-state index in [2.05, 4.69) is 20.6 Å². The first-order chi connectivity index (χ1) is 11.5. The van der Waals surface area contributed by atoms with Crippen molar-refractivity contribution in [3.63, 3.8) is 0 Å². The molecule has 0 saturated carbocycles. The maximum Gasteiger partial charge on any atom is 0.387 e. The zero-order chi connectivity index (χ0) is 17.5. The fourth-order valence-electron chi connectivity index (χ4n) is 2.37. The van der Waals surface area contributed by atoms with Gasteiger partial charge < -0.3 is 14.8 Å². The Morgan fingerprint density at radius 3 is 2.96 bits per heavy atom. The van der Waals surface area contributed by atoms with Crippen LogP contribution in [0.3, 0.4) is 0 Å². The molecule has 132 valence electrons. The Labute approximate surface area is 145 Å². The molecular formula is C16H21F2N3O2S. The second-order valence-electron chi connectivity index (χ2n) is 5.53. The fourth-order valence-corrected chi connectivity index (χ4v) is 2.50. The predicted molar refractivity (Wildman–Crippen MR) is 92.7 cm³/mol. The van der Waals surface area contributed by atoms with Gasteiger partial charge in [-0.05, 0) is 51.0 Å². The molecule has 1 aromatic rings. The maximum absolute atomic E-state index is 12.5. The lowest BCUT2D eigenvalue weighted by molar-refractivity contribution is -0.0499. The van der Waals surface area contributed by atoms with Crippen LogP contribution in [-0.4, -0.2) is 36.7 Å². The van der Waals surface area contributed by atoms with Crippen molar-refractivity contribution in [3.05, 3.63) is 29.3 Å². The van der Waals surface area contributed by atoms with Gasteiger partial charge in [0.1, 0.15) is 5.75 Å². The summed E-state index contributed by atoms with van der Waals surface area (Å²) in [7, 11) is 0. The Balaban J connectivity index is 1.96. The van der Waals surface area contributed by atoms with Crippen LogP contribution in [0.4, 0.5) is 8.78 Å². The van der Waals surface area contributed by atoms with Gasteiger partial charge in [0, 0.05) is 18.7 Å². The van der Waals surface area contributed by atoms with Gasteiger partial charge in [0.25, 0.3) is 0 Å². The van der Waals surface area contributed by atoms with Gasteiger partial charge in [-0.1, -0.05) is 11.6 Å². The minimum absolute atomic E-state index is 0.0804. The third-order valence-corrected chi connectivity index (χ3v) is 3.82. The van der Waals surface area contributed by atoms with Gasteiger partial charge >= 0.3 is 6.61 Å². The molecule has 1 heterocycles. The monoisotopic (exact) mass is 357 g/mol. The summed E-state index contributed by atoms with van der Waals surface area (Å²) in [4.78, 5) is 0. The summed E-state index contributed by atoms with van der Waals surface area (Å²) in [5.41, 5.74) is 4.62. The average Bonchev–Trinajstić information content (AvgIpc) is 3.05. The van der Waals surface area contributed by atoms with E-state index >= 15 is 0 Å². The van der Waals surface area contributed by atoms with Crippen molar-refractivity contribution in [1.29, 1.82) is 0 Å². The largest absolute Gasteiger partial charge is 0.434 e. The van der Waals surface area contributed by atoms with Crippen molar-refractivity contribution in [2.45, 2.75) is 39.4 Å². The lowest BCUT2D eigenvalue weighted by Crippen LogP contribution is -2.37. The van der Waals surface area contributed by atoms with Crippen LogP contribution < -0.4 is 15.5 Å². The number of nitrogens with zero attached hydrogens (tertiary/aromatic N) is 1. The molecule has 24 heavy (non-hydrogen) atoms. The van der Waals surface area contributed by atoms with E-state index in [0.29, 0.717) is 22.9 Å². The van der Waals surface area contributed by atoms with Crippen molar-refractivity contribution in [2.24, 2.45) is 5.10 Å². The number of ether oxygens (including phenoxy) is 2. The van der Waals surface area contributed by atoms with E-state index < -0.39 is 6.61 Å². The molecule has 0 aromatic heterocycles. The molecule has 0 radical (unpaired) electrons. The summed E-state index contributed by atoms with van der Waals surface area (Å²) >= 11 is 5.15. The molecule has 5 nitrogen and oxygen atoms in total. The molecule has 1 saturated heterocycles. The van der Waals surface area contributed by atoms with E-state index in [1.807, 2.05) is 6.92 Å². The highest BCUT2D eigenvalue weighted by Crippen LogP contribution is 2.22. The Kier molecular flexibility index (Phi) is 6.86. The standard InChI is InChI=1S/C16H21F2N3O2S/c1-10-5-6-14(23-15(17)18)13(8-10)11(2)20-21-16(24)19-9-12-4-3-7-22-12/h5-6,8,12,15H,3-4,7,9H2,1-2H3,(H2,19,21,24)/b20-11-/t12-/m1/s1. The fraction of sp³-hybridized carbons (Fsp3) is 0.500. The molecule has 1 aliphatic rings. The number of hydrogen-bond acceptors (Lipinski definition) is 4. The van der Waals surface area contributed by atoms with Gasteiger partial charge in [0.05, 0.1) is 11.8 Å². The molecule has 8 heteroatoms. The van der Waals surface area contributed by atoms with Gasteiger partial charge in [-0.3, -0.25) is 5.43 Å². The zero-order valence-corrected chi connectivity index (χ0v) is 14.5. The molecule has 2 rings (SSSR count). The summed E-state index contributed by atoms with van der Waals surface area (Å²) < 4.78 is 35.0. The van der Waals surface area contributed by atoms with Crippen LogP contribution >= 0.6 is 12.2 Å². The molecule has 1 fully saturated rings. The smallest absolute Gasteiger partial charge is 0.387 e. The van der Waals surface area contributed by atoms with Crippen LogP contribution in [0.1, 0.15) is 30.9 Å². The van der Waals surface area contributed by atoms with E-state index in [0.717, 1.165) is 25.0 Å². The second kappa shape index (κ2) is 8.89. The molecule has 0 spiro atoms. The van der Waals surface area contributed by atoms with Gasteiger partial charge in [0.15, 0.2) is 5.11 Å². The van der Waals surface area contributed by atoms with Crippen LogP contribution in [0.25, 0.3) is 0 Å². The highest BCUT2D eigenvalue weighted by molar-refractivity contribution is 7.80. The van der Waals surface area contributed by atoms with E-state index in [1.54, 1.807) is 19.1 Å². The maximum atomic E-state index is 12.5. The normalized spacial score (nSPS) is 17.9. The Hall–Kier alpha value is -1.80. The number of benzene rings is 1. The van der Waals surface area contributed by atoms with E-state index in [-0.39, 0.29) is 11.9 Å². The number of hydrazone groups is 1. The molecular weight excluding hydrogens is 336 g/mol. The topological polar surface area (TPSA) is 54.9 Å². The van der Waals surface area contributed by atoms with E-state index in [4.69, 9.17) is 17.0 Å². The second-order valence-corrected chi connectivity index (χ2v) is 5.94. The summed E-state index contributed by atoms with van der Waals surface area (Å²) in [5, 5.41) is 7.53. The zero-order valence-electron chi connectivity index (χ0n) is 13.6.